The van der Waals surface area contributed by atoms with Gasteiger partial charge in [0, 0.05) is 54.4 Å². The number of hydrogen-bond acceptors (Lipinski definition) is 3. The van der Waals surface area contributed by atoms with Gasteiger partial charge in [0.2, 0.25) is 0 Å². The topological polar surface area (TPSA) is 83.0 Å². The number of halogens is 1. The van der Waals surface area contributed by atoms with Crippen molar-refractivity contribution in [2.45, 2.75) is 32.9 Å². The third-order valence-corrected chi connectivity index (χ3v) is 6.46. The van der Waals surface area contributed by atoms with Crippen LogP contribution in [-0.4, -0.2) is 44.6 Å². The lowest BCUT2D eigenvalue weighted by atomic mass is 10.1. The molecule has 34 heavy (non-hydrogen) atoms. The molecular formula is C26H26ClN5O2. The van der Waals surface area contributed by atoms with E-state index in [2.05, 4.69) is 27.5 Å². The molecule has 4 aromatic rings. The van der Waals surface area contributed by atoms with E-state index in [-0.39, 0.29) is 17.5 Å². The van der Waals surface area contributed by atoms with Crippen molar-refractivity contribution in [3.8, 4) is 0 Å². The van der Waals surface area contributed by atoms with Gasteiger partial charge in [0.05, 0.1) is 0 Å². The molecule has 0 radical (unpaired) electrons. The summed E-state index contributed by atoms with van der Waals surface area (Å²) in [4.78, 5) is 31.0. The molecule has 2 aromatic carbocycles. The standard InChI is InChI=1S/C26H26ClN5O2/c1-17-3-5-18(6-4-17)16-31-11-2-12-32-24(26(31)34)14-23(30-32)25(33)28-10-9-19-15-29-22-8-7-20(27)13-21(19)22/h3-8,13-15,29H,2,9-12,16H2,1H3,(H,28,33). The van der Waals surface area contributed by atoms with E-state index in [0.29, 0.717) is 43.3 Å². The average molecular weight is 476 g/mol. The van der Waals surface area contributed by atoms with Crippen LogP contribution >= 0.6 is 11.6 Å². The van der Waals surface area contributed by atoms with Crippen molar-refractivity contribution in [3.05, 3.63) is 87.8 Å². The maximum Gasteiger partial charge on any atom is 0.272 e. The highest BCUT2D eigenvalue weighted by Crippen LogP contribution is 2.22. The zero-order valence-electron chi connectivity index (χ0n) is 19.0. The van der Waals surface area contributed by atoms with Gasteiger partial charge in [-0.05, 0) is 49.1 Å². The Morgan fingerprint density at radius 3 is 2.79 bits per heavy atom. The van der Waals surface area contributed by atoms with Crippen molar-refractivity contribution < 1.29 is 9.59 Å². The Bertz CT molecular complexity index is 1360. The lowest BCUT2D eigenvalue weighted by Gasteiger charge is -2.20. The molecule has 2 N–H and O–H groups in total. The van der Waals surface area contributed by atoms with Crippen LogP contribution in [0.15, 0.2) is 54.7 Å². The Labute approximate surface area is 202 Å². The summed E-state index contributed by atoms with van der Waals surface area (Å²) in [6.45, 7) is 4.30. The van der Waals surface area contributed by atoms with E-state index in [9.17, 15) is 9.59 Å². The van der Waals surface area contributed by atoms with Gasteiger partial charge < -0.3 is 15.2 Å². The molecule has 0 saturated heterocycles. The van der Waals surface area contributed by atoms with Gasteiger partial charge in [0.1, 0.15) is 5.69 Å². The Hall–Kier alpha value is -3.58. The second-order valence-electron chi connectivity index (χ2n) is 8.71. The predicted octanol–water partition coefficient (Wildman–Crippen LogP) is 4.34. The number of carbonyl (C=O) groups is 2. The first-order valence-electron chi connectivity index (χ1n) is 11.4. The highest BCUT2D eigenvalue weighted by Gasteiger charge is 2.26. The van der Waals surface area contributed by atoms with Crippen LogP contribution in [0, 0.1) is 6.92 Å². The number of nitrogens with one attached hydrogen (secondary N) is 2. The molecule has 0 atom stereocenters. The number of aromatic nitrogens is 3. The van der Waals surface area contributed by atoms with Crippen molar-refractivity contribution in [2.24, 2.45) is 0 Å². The van der Waals surface area contributed by atoms with Gasteiger partial charge in [0.15, 0.2) is 5.69 Å². The van der Waals surface area contributed by atoms with Gasteiger partial charge in [-0.1, -0.05) is 41.4 Å². The molecule has 1 aliphatic heterocycles. The number of H-pyrrole nitrogens is 1. The number of fused-ring (bicyclic) bond motifs is 2. The molecule has 0 fully saturated rings. The zero-order chi connectivity index (χ0) is 23.7. The number of carbonyl (C=O) groups excluding carboxylic acids is 2. The van der Waals surface area contributed by atoms with Gasteiger partial charge >= 0.3 is 0 Å². The molecule has 0 bridgehead atoms. The fraction of sp³-hybridized carbons (Fsp3) is 0.269. The van der Waals surface area contributed by atoms with Crippen molar-refractivity contribution in [2.75, 3.05) is 13.1 Å². The molecule has 0 unspecified atom stereocenters. The smallest absolute Gasteiger partial charge is 0.272 e. The number of nitrogens with zero attached hydrogens (tertiary/aromatic N) is 3. The second kappa shape index (κ2) is 9.35. The van der Waals surface area contributed by atoms with Crippen LogP contribution in [0.25, 0.3) is 10.9 Å². The molecule has 0 aliphatic carbocycles. The maximum absolute atomic E-state index is 13.2. The van der Waals surface area contributed by atoms with Crippen molar-refractivity contribution in [3.63, 3.8) is 0 Å². The van der Waals surface area contributed by atoms with Crippen LogP contribution in [0.4, 0.5) is 0 Å². The molecule has 1 aliphatic rings. The Kier molecular flexibility index (Phi) is 6.11. The first kappa shape index (κ1) is 22.2. The van der Waals surface area contributed by atoms with E-state index in [1.165, 1.54) is 5.56 Å². The number of benzene rings is 2. The Morgan fingerprint density at radius 2 is 1.97 bits per heavy atom. The molecule has 8 heteroatoms. The number of aryl methyl sites for hydroxylation is 2. The molecular weight excluding hydrogens is 450 g/mol. The summed E-state index contributed by atoms with van der Waals surface area (Å²) < 4.78 is 1.66. The highest BCUT2D eigenvalue weighted by molar-refractivity contribution is 6.31. The molecule has 174 valence electrons. The largest absolute Gasteiger partial charge is 0.361 e. The predicted molar refractivity (Wildman–Crippen MR) is 132 cm³/mol. The third-order valence-electron chi connectivity index (χ3n) is 6.22. The minimum Gasteiger partial charge on any atom is -0.361 e. The van der Waals surface area contributed by atoms with Crippen LogP contribution in [0.3, 0.4) is 0 Å². The molecule has 2 aromatic heterocycles. The van der Waals surface area contributed by atoms with E-state index < -0.39 is 0 Å². The van der Waals surface area contributed by atoms with Gasteiger partial charge in [-0.15, -0.1) is 0 Å². The van der Waals surface area contributed by atoms with Crippen LogP contribution in [0.1, 0.15) is 44.1 Å². The summed E-state index contributed by atoms with van der Waals surface area (Å²) in [7, 11) is 0. The summed E-state index contributed by atoms with van der Waals surface area (Å²) in [5, 5.41) is 9.08. The van der Waals surface area contributed by atoms with E-state index >= 15 is 0 Å². The van der Waals surface area contributed by atoms with Gasteiger partial charge in [-0.2, -0.15) is 5.10 Å². The first-order valence-corrected chi connectivity index (χ1v) is 11.8. The number of hydrogen-bond donors (Lipinski definition) is 2. The molecule has 5 rings (SSSR count). The summed E-state index contributed by atoms with van der Waals surface area (Å²) >= 11 is 6.12. The highest BCUT2D eigenvalue weighted by atomic mass is 35.5. The van der Waals surface area contributed by atoms with Gasteiger partial charge in [0.25, 0.3) is 11.8 Å². The summed E-state index contributed by atoms with van der Waals surface area (Å²) in [5.41, 5.74) is 5.10. The Balaban J connectivity index is 1.24. The molecule has 7 nitrogen and oxygen atoms in total. The van der Waals surface area contributed by atoms with E-state index in [0.717, 1.165) is 28.5 Å². The van der Waals surface area contributed by atoms with E-state index in [4.69, 9.17) is 11.6 Å². The van der Waals surface area contributed by atoms with Crippen molar-refractivity contribution >= 4 is 34.3 Å². The SMILES string of the molecule is Cc1ccc(CN2CCCn3nc(C(=O)NCCc4c[nH]c5ccc(Cl)cc45)cc3C2=O)cc1. The fourth-order valence-corrected chi connectivity index (χ4v) is 4.54. The lowest BCUT2D eigenvalue weighted by Crippen LogP contribution is -2.30. The first-order chi connectivity index (χ1) is 16.5. The molecule has 2 amide bonds. The van der Waals surface area contributed by atoms with Gasteiger partial charge in [-0.25, -0.2) is 0 Å². The average Bonchev–Trinajstić information content (AvgIpc) is 3.40. The molecule has 3 heterocycles. The third kappa shape index (κ3) is 4.56. The van der Waals surface area contributed by atoms with E-state index in [1.54, 1.807) is 10.7 Å². The summed E-state index contributed by atoms with van der Waals surface area (Å²) in [6, 6.07) is 15.5. The monoisotopic (exact) mass is 475 g/mol. The van der Waals surface area contributed by atoms with E-state index in [1.807, 2.05) is 48.4 Å². The molecule has 0 saturated carbocycles. The van der Waals surface area contributed by atoms with Crippen LogP contribution in [0.2, 0.25) is 5.02 Å². The van der Waals surface area contributed by atoms with Crippen LogP contribution < -0.4 is 5.32 Å². The van der Waals surface area contributed by atoms with Crippen LogP contribution in [0.5, 0.6) is 0 Å². The second-order valence-corrected chi connectivity index (χ2v) is 9.15. The fourth-order valence-electron chi connectivity index (χ4n) is 4.37. The summed E-state index contributed by atoms with van der Waals surface area (Å²) in [5.74, 6) is -0.378. The van der Waals surface area contributed by atoms with Crippen LogP contribution in [-0.2, 0) is 19.5 Å². The number of rotatable bonds is 6. The quantitative estimate of drug-likeness (QED) is 0.435. The zero-order valence-corrected chi connectivity index (χ0v) is 19.7. The minimum absolute atomic E-state index is 0.0969. The Morgan fingerprint density at radius 1 is 1.15 bits per heavy atom. The number of aromatic amines is 1. The minimum atomic E-state index is -0.281. The van der Waals surface area contributed by atoms with Gasteiger partial charge in [-0.3, -0.25) is 14.3 Å². The van der Waals surface area contributed by atoms with Crippen molar-refractivity contribution in [1.29, 1.82) is 0 Å². The summed E-state index contributed by atoms with van der Waals surface area (Å²) in [6.07, 6.45) is 3.38. The maximum atomic E-state index is 13.2. The van der Waals surface area contributed by atoms with Crippen molar-refractivity contribution in [1.82, 2.24) is 25.0 Å². The molecule has 0 spiro atoms. The lowest BCUT2D eigenvalue weighted by molar-refractivity contribution is 0.0745. The normalized spacial score (nSPS) is 13.7. The number of amides is 2.